The molecule has 0 amide bonds. The summed E-state index contributed by atoms with van der Waals surface area (Å²) in [5, 5.41) is 0. The predicted molar refractivity (Wildman–Crippen MR) is 196 cm³/mol. The van der Waals surface area contributed by atoms with Gasteiger partial charge in [0.2, 0.25) is 0 Å². The van der Waals surface area contributed by atoms with E-state index < -0.39 is 0 Å². The topological polar surface area (TPSA) is 82.1 Å². The van der Waals surface area contributed by atoms with E-state index in [1.807, 2.05) is 0 Å². The van der Waals surface area contributed by atoms with Gasteiger partial charge in [-0.1, -0.05) is 63.3 Å². The lowest BCUT2D eigenvalue weighted by Gasteiger charge is -2.56. The number of ether oxygens (including phenoxy) is 3. The van der Waals surface area contributed by atoms with Crippen LogP contribution in [0.1, 0.15) is 148 Å². The maximum absolute atomic E-state index is 13.1. The lowest BCUT2D eigenvalue weighted by Crippen LogP contribution is -2.47. The van der Waals surface area contributed by atoms with Crippen LogP contribution in [0.25, 0.3) is 0 Å². The SMILES string of the molecule is CCCCC/C=C\C/C=C\CCCCCCCC(=O)OCC(COC(=O)CC1CCN(C)CC1)COC(=O)CC12CC3CC(CC(C3)C1)C2. The Morgan fingerprint density at radius 1 is 0.694 bits per heavy atom. The monoisotopic (exact) mass is 684 g/mol. The highest BCUT2D eigenvalue weighted by molar-refractivity contribution is 5.71. The van der Waals surface area contributed by atoms with Gasteiger partial charge < -0.3 is 19.1 Å². The first-order valence-electron chi connectivity index (χ1n) is 20.3. The molecule has 4 bridgehead atoms. The molecule has 7 nitrogen and oxygen atoms in total. The summed E-state index contributed by atoms with van der Waals surface area (Å²) in [5.41, 5.74) is 0.121. The summed E-state index contributed by atoms with van der Waals surface area (Å²) < 4.78 is 17.1. The van der Waals surface area contributed by atoms with Crippen molar-refractivity contribution in [3.05, 3.63) is 24.3 Å². The molecule has 49 heavy (non-hydrogen) atoms. The van der Waals surface area contributed by atoms with Gasteiger partial charge in [0.25, 0.3) is 0 Å². The van der Waals surface area contributed by atoms with Crippen LogP contribution >= 0.6 is 0 Å². The summed E-state index contributed by atoms with van der Waals surface area (Å²) in [6, 6.07) is 0. The Morgan fingerprint density at radius 2 is 1.22 bits per heavy atom. The van der Waals surface area contributed by atoms with Gasteiger partial charge in [-0.15, -0.1) is 0 Å². The third kappa shape index (κ3) is 15.3. The van der Waals surface area contributed by atoms with Crippen LogP contribution in [0.5, 0.6) is 0 Å². The second-order valence-corrected chi connectivity index (χ2v) is 16.4. The predicted octanol–water partition coefficient (Wildman–Crippen LogP) is 9.38. The van der Waals surface area contributed by atoms with Gasteiger partial charge >= 0.3 is 17.9 Å². The number of nitrogens with zero attached hydrogens (tertiary/aromatic N) is 1. The van der Waals surface area contributed by atoms with Crippen molar-refractivity contribution in [2.75, 3.05) is 40.0 Å². The number of esters is 3. The highest BCUT2D eigenvalue weighted by Gasteiger charge is 2.51. The number of allylic oxidation sites excluding steroid dienone is 4. The van der Waals surface area contributed by atoms with Crippen molar-refractivity contribution in [2.45, 2.75) is 148 Å². The maximum atomic E-state index is 13.1. The fourth-order valence-corrected chi connectivity index (χ4v) is 9.35. The van der Waals surface area contributed by atoms with Crippen LogP contribution in [0.3, 0.4) is 0 Å². The third-order valence-corrected chi connectivity index (χ3v) is 11.7. The van der Waals surface area contributed by atoms with Crippen LogP contribution in [0.15, 0.2) is 24.3 Å². The van der Waals surface area contributed by atoms with Crippen LogP contribution in [0.4, 0.5) is 0 Å². The Labute approximate surface area is 298 Å². The van der Waals surface area contributed by atoms with Gasteiger partial charge in [-0.25, -0.2) is 0 Å². The molecule has 1 heterocycles. The molecule has 5 aliphatic rings. The Kier molecular flexibility index (Phi) is 17.7. The van der Waals surface area contributed by atoms with E-state index in [0.717, 1.165) is 75.8 Å². The second kappa shape index (κ2) is 21.9. The summed E-state index contributed by atoms with van der Waals surface area (Å²) in [5.74, 6) is 1.77. The molecule has 0 N–H and O–H groups in total. The number of hydrogen-bond donors (Lipinski definition) is 0. The normalized spacial score (nSPS) is 26.0. The molecule has 5 rings (SSSR count). The second-order valence-electron chi connectivity index (χ2n) is 16.4. The Morgan fingerprint density at radius 3 is 1.84 bits per heavy atom. The van der Waals surface area contributed by atoms with Crippen LogP contribution < -0.4 is 0 Å². The lowest BCUT2D eigenvalue weighted by molar-refractivity contribution is -0.157. The molecule has 1 saturated heterocycles. The molecule has 1 aliphatic heterocycles. The average molecular weight is 684 g/mol. The van der Waals surface area contributed by atoms with Crippen molar-refractivity contribution < 1.29 is 28.6 Å². The minimum Gasteiger partial charge on any atom is -0.465 e. The molecular weight excluding hydrogens is 614 g/mol. The van der Waals surface area contributed by atoms with E-state index in [9.17, 15) is 14.4 Å². The highest BCUT2D eigenvalue weighted by Crippen LogP contribution is 2.61. The Balaban J connectivity index is 1.10. The number of unbranched alkanes of at least 4 members (excludes halogenated alkanes) is 8. The Hall–Kier alpha value is -2.15. The first kappa shape index (κ1) is 39.6. The molecule has 278 valence electrons. The standard InChI is InChI=1S/C42H69NO6/c1-3-4-5-6-7-8-9-10-11-12-13-14-15-16-17-18-39(44)47-31-38(32-48-40(45)26-34-19-21-43(2)22-20-34)33-49-41(46)30-42-27-35-23-36(28-42)25-37(24-35)29-42/h7-8,10-11,34-38H,3-6,9,12-33H2,1-2H3/b8-7-,11-10-. The number of likely N-dealkylation sites (tertiary alicyclic amines) is 1. The summed E-state index contributed by atoms with van der Waals surface area (Å²) in [6.07, 6.45) is 32.5. The van der Waals surface area contributed by atoms with E-state index in [-0.39, 0.29) is 49.1 Å². The van der Waals surface area contributed by atoms with E-state index in [0.29, 0.717) is 25.2 Å². The molecule has 0 aromatic carbocycles. The number of rotatable bonds is 24. The highest BCUT2D eigenvalue weighted by atomic mass is 16.6. The smallest absolute Gasteiger partial charge is 0.306 e. The summed E-state index contributed by atoms with van der Waals surface area (Å²) in [7, 11) is 2.11. The number of carbonyl (C=O) groups is 3. The van der Waals surface area contributed by atoms with Gasteiger partial charge in [0.05, 0.1) is 12.3 Å². The third-order valence-electron chi connectivity index (χ3n) is 11.7. The summed E-state index contributed by atoms with van der Waals surface area (Å²) >= 11 is 0. The molecule has 0 aromatic heterocycles. The van der Waals surface area contributed by atoms with Crippen LogP contribution in [0, 0.1) is 35.0 Å². The van der Waals surface area contributed by atoms with Crippen LogP contribution in [0.2, 0.25) is 0 Å². The van der Waals surface area contributed by atoms with E-state index in [1.54, 1.807) is 0 Å². The van der Waals surface area contributed by atoms with Crippen LogP contribution in [-0.4, -0.2) is 62.8 Å². The largest absolute Gasteiger partial charge is 0.465 e. The number of carbonyl (C=O) groups excluding carboxylic acids is 3. The lowest BCUT2D eigenvalue weighted by atomic mass is 9.49. The Bertz CT molecular complexity index is 1010. The van der Waals surface area contributed by atoms with Gasteiger partial charge in [0.15, 0.2) is 0 Å². The molecule has 1 unspecified atom stereocenters. The number of piperidine rings is 1. The molecule has 1 atom stereocenters. The minimum atomic E-state index is -0.352. The first-order chi connectivity index (χ1) is 23.8. The zero-order chi connectivity index (χ0) is 34.7. The van der Waals surface area contributed by atoms with E-state index in [1.165, 1.54) is 77.0 Å². The van der Waals surface area contributed by atoms with Crippen molar-refractivity contribution in [3.63, 3.8) is 0 Å². The van der Waals surface area contributed by atoms with Gasteiger partial charge in [0.1, 0.15) is 19.8 Å². The van der Waals surface area contributed by atoms with Crippen molar-refractivity contribution >= 4 is 17.9 Å². The molecular formula is C42H69NO6. The van der Waals surface area contributed by atoms with Gasteiger partial charge in [-0.3, -0.25) is 14.4 Å². The molecule has 5 fully saturated rings. The van der Waals surface area contributed by atoms with Crippen molar-refractivity contribution in [1.82, 2.24) is 4.90 Å². The quantitative estimate of drug-likeness (QED) is 0.0434. The van der Waals surface area contributed by atoms with Crippen LogP contribution in [-0.2, 0) is 28.6 Å². The minimum absolute atomic E-state index is 0.102. The van der Waals surface area contributed by atoms with Crippen molar-refractivity contribution in [2.24, 2.45) is 35.0 Å². The molecule has 7 heteroatoms. The zero-order valence-electron chi connectivity index (χ0n) is 31.2. The maximum Gasteiger partial charge on any atom is 0.306 e. The van der Waals surface area contributed by atoms with Crippen molar-refractivity contribution in [1.29, 1.82) is 0 Å². The molecule has 0 radical (unpaired) electrons. The molecule has 0 spiro atoms. The summed E-state index contributed by atoms with van der Waals surface area (Å²) in [4.78, 5) is 40.7. The summed E-state index contributed by atoms with van der Waals surface area (Å²) in [6.45, 7) is 4.57. The van der Waals surface area contributed by atoms with Crippen molar-refractivity contribution in [3.8, 4) is 0 Å². The van der Waals surface area contributed by atoms with Gasteiger partial charge in [-0.05, 0) is 139 Å². The van der Waals surface area contributed by atoms with Gasteiger partial charge in [-0.2, -0.15) is 0 Å². The average Bonchev–Trinajstić information content (AvgIpc) is 3.06. The zero-order valence-corrected chi connectivity index (χ0v) is 31.2. The first-order valence-corrected chi connectivity index (χ1v) is 20.3. The molecule has 4 aliphatic carbocycles. The fourth-order valence-electron chi connectivity index (χ4n) is 9.35. The number of hydrogen-bond acceptors (Lipinski definition) is 7. The van der Waals surface area contributed by atoms with E-state index >= 15 is 0 Å². The fraction of sp³-hybridized carbons (Fsp3) is 0.833. The molecule has 4 saturated carbocycles. The van der Waals surface area contributed by atoms with E-state index in [4.69, 9.17) is 14.2 Å². The van der Waals surface area contributed by atoms with Gasteiger partial charge in [0, 0.05) is 12.8 Å². The molecule has 0 aromatic rings. The van der Waals surface area contributed by atoms with E-state index in [2.05, 4.69) is 43.2 Å².